The number of ether oxygens (including phenoxy) is 2. The number of hydrogen-bond acceptors (Lipinski definition) is 6. The third-order valence-electron chi connectivity index (χ3n) is 6.32. The second-order valence-corrected chi connectivity index (χ2v) is 8.49. The number of para-hydroxylation sites is 1. The highest BCUT2D eigenvalue weighted by Gasteiger charge is 2.49. The number of benzene rings is 2. The number of anilines is 1. The van der Waals surface area contributed by atoms with Crippen LogP contribution >= 0.6 is 0 Å². The smallest absolute Gasteiger partial charge is 0.359 e. The van der Waals surface area contributed by atoms with E-state index in [4.69, 9.17) is 9.47 Å². The van der Waals surface area contributed by atoms with Crippen LogP contribution in [0.3, 0.4) is 0 Å². The molecule has 9 nitrogen and oxygen atoms in total. The van der Waals surface area contributed by atoms with Crippen LogP contribution in [0.5, 0.6) is 5.75 Å². The summed E-state index contributed by atoms with van der Waals surface area (Å²) in [4.78, 5) is 45.3. The van der Waals surface area contributed by atoms with Gasteiger partial charge in [0, 0.05) is 17.8 Å². The van der Waals surface area contributed by atoms with E-state index in [1.807, 2.05) is 55.5 Å². The van der Waals surface area contributed by atoms with E-state index in [0.717, 1.165) is 17.5 Å². The number of rotatable bonds is 7. The maximum atomic E-state index is 13.8. The number of imidazole rings is 1. The molecule has 2 amide bonds. The van der Waals surface area contributed by atoms with Gasteiger partial charge in [-0.05, 0) is 37.1 Å². The number of nitrogens with one attached hydrogen (secondary N) is 1. The summed E-state index contributed by atoms with van der Waals surface area (Å²) in [6, 6.07) is 14.9. The number of amides is 2. The molecule has 0 aliphatic carbocycles. The highest BCUT2D eigenvalue weighted by Crippen LogP contribution is 2.34. The third-order valence-corrected chi connectivity index (χ3v) is 6.32. The summed E-state index contributed by atoms with van der Waals surface area (Å²) in [5.41, 5.74) is 1.17. The van der Waals surface area contributed by atoms with E-state index < -0.39 is 17.4 Å². The van der Waals surface area contributed by atoms with Gasteiger partial charge in [0.15, 0.2) is 5.69 Å². The maximum absolute atomic E-state index is 13.8. The Bertz CT molecular complexity index is 1270. The zero-order chi connectivity index (χ0) is 25.2. The summed E-state index contributed by atoms with van der Waals surface area (Å²) in [7, 11) is 2.81. The molecule has 0 radical (unpaired) electrons. The Morgan fingerprint density at radius 1 is 1.11 bits per heavy atom. The van der Waals surface area contributed by atoms with E-state index in [-0.39, 0.29) is 30.4 Å². The molecule has 1 atom stereocenters. The largest absolute Gasteiger partial charge is 0.496 e. The van der Waals surface area contributed by atoms with Gasteiger partial charge in [-0.1, -0.05) is 37.3 Å². The number of hydrogen-bond donors (Lipinski definition) is 1. The Labute approximate surface area is 203 Å². The molecule has 3 aromatic rings. The molecule has 0 bridgehead atoms. The molecule has 0 spiro atoms. The zero-order valence-electron chi connectivity index (χ0n) is 20.2. The molecule has 35 heavy (non-hydrogen) atoms. The van der Waals surface area contributed by atoms with Gasteiger partial charge in [-0.15, -0.1) is 0 Å². The van der Waals surface area contributed by atoms with Crippen LogP contribution in [-0.2, 0) is 29.0 Å². The first-order valence-electron chi connectivity index (χ1n) is 11.3. The lowest BCUT2D eigenvalue weighted by molar-refractivity contribution is -0.126. The molecule has 1 N–H and O–H groups in total. The molecule has 0 fully saturated rings. The molecule has 1 aliphatic rings. The fourth-order valence-electron chi connectivity index (χ4n) is 4.38. The molecular weight excluding hydrogens is 448 g/mol. The molecule has 1 aromatic heterocycles. The summed E-state index contributed by atoms with van der Waals surface area (Å²) in [6.45, 7) is 4.07. The van der Waals surface area contributed by atoms with Gasteiger partial charge >= 0.3 is 5.97 Å². The minimum absolute atomic E-state index is 0.0795. The zero-order valence-corrected chi connectivity index (χ0v) is 20.2. The Morgan fingerprint density at radius 2 is 1.83 bits per heavy atom. The normalized spacial score (nSPS) is 17.0. The molecule has 1 aliphatic heterocycles. The molecule has 182 valence electrons. The van der Waals surface area contributed by atoms with Crippen molar-refractivity contribution >= 4 is 23.5 Å². The summed E-state index contributed by atoms with van der Waals surface area (Å²) in [5.74, 6) is -0.912. The van der Waals surface area contributed by atoms with Gasteiger partial charge in [0.1, 0.15) is 17.0 Å². The van der Waals surface area contributed by atoms with Crippen LogP contribution in [0.15, 0.2) is 54.9 Å². The molecule has 9 heteroatoms. The van der Waals surface area contributed by atoms with Crippen LogP contribution < -0.4 is 15.0 Å². The van der Waals surface area contributed by atoms with E-state index in [1.54, 1.807) is 14.0 Å². The topological polar surface area (TPSA) is 103 Å². The van der Waals surface area contributed by atoms with Crippen molar-refractivity contribution in [2.24, 2.45) is 0 Å². The van der Waals surface area contributed by atoms with Crippen LogP contribution in [0.4, 0.5) is 5.69 Å². The Morgan fingerprint density at radius 3 is 2.49 bits per heavy atom. The highest BCUT2D eigenvalue weighted by molar-refractivity contribution is 6.15. The predicted octanol–water partition coefficient (Wildman–Crippen LogP) is 2.98. The van der Waals surface area contributed by atoms with E-state index in [9.17, 15) is 14.4 Å². The molecule has 0 saturated heterocycles. The highest BCUT2D eigenvalue weighted by atomic mass is 16.5. The Kier molecular flexibility index (Phi) is 6.59. The van der Waals surface area contributed by atoms with Crippen LogP contribution in [-0.4, -0.2) is 47.1 Å². The van der Waals surface area contributed by atoms with Crippen molar-refractivity contribution in [1.29, 1.82) is 0 Å². The molecule has 2 heterocycles. The van der Waals surface area contributed by atoms with E-state index in [2.05, 4.69) is 10.3 Å². The van der Waals surface area contributed by atoms with E-state index >= 15 is 0 Å². The number of nitrogens with zero attached hydrogens (tertiary/aromatic N) is 3. The molecular formula is C26H28N4O5. The predicted molar refractivity (Wildman–Crippen MR) is 129 cm³/mol. The number of aromatic nitrogens is 2. The summed E-state index contributed by atoms with van der Waals surface area (Å²) in [6.07, 6.45) is 2.23. The fraction of sp³-hybridized carbons (Fsp3) is 0.308. The van der Waals surface area contributed by atoms with Crippen molar-refractivity contribution in [3.63, 3.8) is 0 Å². The summed E-state index contributed by atoms with van der Waals surface area (Å²) < 4.78 is 11.7. The van der Waals surface area contributed by atoms with Crippen molar-refractivity contribution in [2.75, 3.05) is 19.1 Å². The average molecular weight is 477 g/mol. The third kappa shape index (κ3) is 4.25. The van der Waals surface area contributed by atoms with Crippen molar-refractivity contribution < 1.29 is 23.9 Å². The molecule has 0 unspecified atom stereocenters. The van der Waals surface area contributed by atoms with Gasteiger partial charge in [0.05, 0.1) is 27.1 Å². The van der Waals surface area contributed by atoms with E-state index in [0.29, 0.717) is 11.4 Å². The van der Waals surface area contributed by atoms with Gasteiger partial charge in [0.2, 0.25) is 5.91 Å². The lowest BCUT2D eigenvalue weighted by Gasteiger charge is -2.43. The van der Waals surface area contributed by atoms with Crippen LogP contribution in [0.25, 0.3) is 0 Å². The summed E-state index contributed by atoms with van der Waals surface area (Å²) in [5, 5.41) is 2.96. The second-order valence-electron chi connectivity index (χ2n) is 8.49. The first-order chi connectivity index (χ1) is 16.8. The lowest BCUT2D eigenvalue weighted by atomic mass is 9.93. The second kappa shape index (κ2) is 9.61. The first kappa shape index (κ1) is 24.0. The fourth-order valence-corrected chi connectivity index (χ4v) is 4.38. The number of esters is 1. The number of aryl methyl sites for hydroxylation is 1. The SMILES string of the molecule is CCc1ccc(N2C(=O)c3c(C(=O)OC)ncn3C[C@]2(C)C(=O)NCc2ccccc2OC)cc1. The number of methoxy groups -OCH3 is 2. The summed E-state index contributed by atoms with van der Waals surface area (Å²) >= 11 is 0. The Balaban J connectivity index is 1.74. The first-order valence-corrected chi connectivity index (χ1v) is 11.3. The van der Waals surface area contributed by atoms with Crippen molar-refractivity contribution in [1.82, 2.24) is 14.9 Å². The van der Waals surface area contributed by atoms with Crippen molar-refractivity contribution in [3.8, 4) is 5.75 Å². The van der Waals surface area contributed by atoms with Gasteiger partial charge in [-0.2, -0.15) is 0 Å². The van der Waals surface area contributed by atoms with Gasteiger partial charge in [0.25, 0.3) is 5.91 Å². The van der Waals surface area contributed by atoms with Crippen molar-refractivity contribution in [2.45, 2.75) is 38.9 Å². The molecule has 2 aromatic carbocycles. The van der Waals surface area contributed by atoms with Gasteiger partial charge in [-0.3, -0.25) is 14.5 Å². The van der Waals surface area contributed by atoms with Crippen LogP contribution in [0.1, 0.15) is 46.0 Å². The minimum atomic E-state index is -1.30. The number of carbonyl (C=O) groups is 3. The minimum Gasteiger partial charge on any atom is -0.496 e. The Hall–Kier alpha value is -4.14. The number of fused-ring (bicyclic) bond motifs is 1. The molecule has 0 saturated carbocycles. The lowest BCUT2D eigenvalue weighted by Crippen LogP contribution is -2.64. The molecule has 4 rings (SSSR count). The van der Waals surface area contributed by atoms with Crippen LogP contribution in [0.2, 0.25) is 0 Å². The number of carbonyl (C=O) groups excluding carboxylic acids is 3. The quantitative estimate of drug-likeness (QED) is 0.526. The maximum Gasteiger partial charge on any atom is 0.359 e. The van der Waals surface area contributed by atoms with Crippen LogP contribution in [0, 0.1) is 0 Å². The van der Waals surface area contributed by atoms with Gasteiger partial charge < -0.3 is 19.4 Å². The monoisotopic (exact) mass is 476 g/mol. The standard InChI is InChI=1S/C26H28N4O5/c1-5-17-10-12-19(13-11-17)30-23(31)22-21(24(32)35-4)28-16-29(22)15-26(30,2)25(33)27-14-18-8-6-7-9-20(18)34-3/h6-13,16H,5,14-15H2,1-4H3,(H,27,33)/t26-/m1/s1. The van der Waals surface area contributed by atoms with Crippen molar-refractivity contribution in [3.05, 3.63) is 77.4 Å². The van der Waals surface area contributed by atoms with E-state index in [1.165, 1.54) is 22.9 Å². The average Bonchev–Trinajstić information content (AvgIpc) is 3.31. The van der Waals surface area contributed by atoms with Gasteiger partial charge in [-0.25, -0.2) is 9.78 Å².